The highest BCUT2D eigenvalue weighted by Crippen LogP contribution is 2.30. The van der Waals surface area contributed by atoms with Crippen molar-refractivity contribution in [3.05, 3.63) is 59.0 Å². The minimum absolute atomic E-state index is 0.159. The van der Waals surface area contributed by atoms with Gasteiger partial charge in [-0.15, -0.1) is 0 Å². The molecule has 1 heterocycles. The summed E-state index contributed by atoms with van der Waals surface area (Å²) in [6.07, 6.45) is 1.63. The minimum Gasteiger partial charge on any atom is -0.477 e. The number of aromatic nitrogens is 1. The maximum atomic E-state index is 11.6. The van der Waals surface area contributed by atoms with Crippen molar-refractivity contribution in [2.45, 2.75) is 19.1 Å². The van der Waals surface area contributed by atoms with Gasteiger partial charge in [0.25, 0.3) is 5.22 Å². The predicted molar refractivity (Wildman–Crippen MR) is 105 cm³/mol. The SMILES string of the molecule is CCN(CC)c1ccc(/C=C(/Sc2nc3ccccc3o2)C(=O)O)cc1. The van der Waals surface area contributed by atoms with E-state index in [2.05, 4.69) is 23.7 Å². The Kier molecular flexibility index (Phi) is 5.63. The Hall–Kier alpha value is -2.73. The molecule has 1 N–H and O–H groups in total. The molecule has 134 valence electrons. The summed E-state index contributed by atoms with van der Waals surface area (Å²) in [7, 11) is 0. The van der Waals surface area contributed by atoms with Gasteiger partial charge in [-0.1, -0.05) is 24.3 Å². The van der Waals surface area contributed by atoms with Crippen LogP contribution in [0.1, 0.15) is 19.4 Å². The quantitative estimate of drug-likeness (QED) is 0.473. The third-order valence-electron chi connectivity index (χ3n) is 4.00. The van der Waals surface area contributed by atoms with E-state index in [1.54, 1.807) is 6.08 Å². The standard InChI is InChI=1S/C20H20N2O3S/c1-3-22(4-2)15-11-9-14(10-12-15)13-18(19(23)24)26-20-21-16-7-5-6-8-17(16)25-20/h5-13H,3-4H2,1-2H3,(H,23,24)/b18-13+. The van der Waals surface area contributed by atoms with E-state index in [4.69, 9.17) is 4.42 Å². The van der Waals surface area contributed by atoms with Crippen molar-refractivity contribution in [3.63, 3.8) is 0 Å². The molecule has 3 aromatic rings. The van der Waals surface area contributed by atoms with Gasteiger partial charge in [0.1, 0.15) is 10.4 Å². The number of hydrogen-bond acceptors (Lipinski definition) is 5. The molecule has 0 amide bonds. The van der Waals surface area contributed by atoms with Gasteiger partial charge in [-0.3, -0.25) is 0 Å². The highest BCUT2D eigenvalue weighted by molar-refractivity contribution is 8.03. The second kappa shape index (κ2) is 8.10. The van der Waals surface area contributed by atoms with Crippen LogP contribution in [-0.4, -0.2) is 29.1 Å². The maximum absolute atomic E-state index is 11.6. The fourth-order valence-corrected chi connectivity index (χ4v) is 3.39. The molecule has 0 fully saturated rings. The molecule has 5 nitrogen and oxygen atoms in total. The molecule has 0 aliphatic carbocycles. The number of thioether (sulfide) groups is 1. The molecular formula is C20H20N2O3S. The molecule has 3 rings (SSSR count). The number of carboxylic acid groups (broad SMARTS) is 1. The van der Waals surface area contributed by atoms with E-state index < -0.39 is 5.97 Å². The summed E-state index contributed by atoms with van der Waals surface area (Å²) in [5, 5.41) is 9.84. The third-order valence-corrected chi connectivity index (χ3v) is 4.86. The summed E-state index contributed by atoms with van der Waals surface area (Å²) in [6.45, 7) is 6.08. The molecule has 0 radical (unpaired) electrons. The summed E-state index contributed by atoms with van der Waals surface area (Å²) in [6, 6.07) is 15.2. The molecule has 0 atom stereocenters. The first kappa shape index (κ1) is 18.1. The summed E-state index contributed by atoms with van der Waals surface area (Å²) in [5.41, 5.74) is 3.30. The zero-order valence-corrected chi connectivity index (χ0v) is 15.5. The number of hydrogen-bond donors (Lipinski definition) is 1. The zero-order chi connectivity index (χ0) is 18.5. The van der Waals surface area contributed by atoms with Crippen molar-refractivity contribution in [2.24, 2.45) is 0 Å². The third kappa shape index (κ3) is 4.08. The predicted octanol–water partition coefficient (Wildman–Crippen LogP) is 4.89. The van der Waals surface area contributed by atoms with Gasteiger partial charge in [0, 0.05) is 18.8 Å². The summed E-state index contributed by atoms with van der Waals surface area (Å²) >= 11 is 1.01. The van der Waals surface area contributed by atoms with E-state index in [-0.39, 0.29) is 4.91 Å². The van der Waals surface area contributed by atoms with Crippen LogP contribution in [0.25, 0.3) is 17.2 Å². The van der Waals surface area contributed by atoms with E-state index in [0.717, 1.165) is 36.1 Å². The van der Waals surface area contributed by atoms with Crippen molar-refractivity contribution >= 4 is 40.6 Å². The Balaban J connectivity index is 1.84. The summed E-state index contributed by atoms with van der Waals surface area (Å²) in [4.78, 5) is 18.3. The van der Waals surface area contributed by atoms with Crippen molar-refractivity contribution in [1.29, 1.82) is 0 Å². The smallest absolute Gasteiger partial charge is 0.342 e. The van der Waals surface area contributed by atoms with Gasteiger partial charge in [0.15, 0.2) is 5.58 Å². The van der Waals surface area contributed by atoms with Crippen LogP contribution in [0.15, 0.2) is 63.1 Å². The average molecular weight is 368 g/mol. The molecule has 0 saturated carbocycles. The number of benzene rings is 2. The molecule has 0 saturated heterocycles. The largest absolute Gasteiger partial charge is 0.477 e. The number of carboxylic acids is 1. The van der Waals surface area contributed by atoms with Crippen LogP contribution >= 0.6 is 11.8 Å². The number of anilines is 1. The first-order valence-corrected chi connectivity index (χ1v) is 9.25. The molecular weight excluding hydrogens is 348 g/mol. The summed E-state index contributed by atoms with van der Waals surface area (Å²) in [5.74, 6) is -1.01. The van der Waals surface area contributed by atoms with Crippen molar-refractivity contribution < 1.29 is 14.3 Å². The van der Waals surface area contributed by atoms with Crippen LogP contribution in [0.2, 0.25) is 0 Å². The topological polar surface area (TPSA) is 66.6 Å². The Morgan fingerprint density at radius 1 is 1.15 bits per heavy atom. The fraction of sp³-hybridized carbons (Fsp3) is 0.200. The van der Waals surface area contributed by atoms with E-state index in [9.17, 15) is 9.90 Å². The molecule has 0 spiro atoms. The molecule has 1 aromatic heterocycles. The van der Waals surface area contributed by atoms with Gasteiger partial charge in [-0.05, 0) is 61.5 Å². The maximum Gasteiger partial charge on any atom is 0.342 e. The van der Waals surface area contributed by atoms with Crippen LogP contribution in [0, 0.1) is 0 Å². The number of carbonyl (C=O) groups is 1. The van der Waals surface area contributed by atoms with Gasteiger partial charge in [0.05, 0.1) is 0 Å². The molecule has 0 bridgehead atoms. The van der Waals surface area contributed by atoms with Gasteiger partial charge >= 0.3 is 5.97 Å². The second-order valence-electron chi connectivity index (χ2n) is 5.63. The van der Waals surface area contributed by atoms with Gasteiger partial charge < -0.3 is 14.4 Å². The number of nitrogens with zero attached hydrogens (tertiary/aromatic N) is 2. The van der Waals surface area contributed by atoms with Gasteiger partial charge in [-0.2, -0.15) is 0 Å². The van der Waals surface area contributed by atoms with E-state index in [1.165, 1.54) is 0 Å². The van der Waals surface area contributed by atoms with Crippen LogP contribution in [0.3, 0.4) is 0 Å². The lowest BCUT2D eigenvalue weighted by Gasteiger charge is -2.20. The molecule has 0 aliphatic rings. The lowest BCUT2D eigenvalue weighted by atomic mass is 10.2. The molecule has 0 unspecified atom stereocenters. The Morgan fingerprint density at radius 3 is 2.46 bits per heavy atom. The number of oxazole rings is 1. The highest BCUT2D eigenvalue weighted by atomic mass is 32.2. The van der Waals surface area contributed by atoms with Crippen LogP contribution in [-0.2, 0) is 4.79 Å². The normalized spacial score (nSPS) is 11.7. The van der Waals surface area contributed by atoms with E-state index in [1.807, 2.05) is 48.5 Å². The second-order valence-corrected chi connectivity index (χ2v) is 6.62. The van der Waals surface area contributed by atoms with Gasteiger partial charge in [-0.25, -0.2) is 9.78 Å². The number of para-hydroxylation sites is 2. The highest BCUT2D eigenvalue weighted by Gasteiger charge is 2.15. The van der Waals surface area contributed by atoms with Crippen molar-refractivity contribution in [1.82, 2.24) is 4.98 Å². The van der Waals surface area contributed by atoms with Crippen LogP contribution in [0.4, 0.5) is 5.69 Å². The lowest BCUT2D eigenvalue weighted by Crippen LogP contribution is -2.21. The average Bonchev–Trinajstić information content (AvgIpc) is 3.06. The first-order chi connectivity index (χ1) is 12.6. The molecule has 26 heavy (non-hydrogen) atoms. The van der Waals surface area contributed by atoms with Crippen molar-refractivity contribution in [3.8, 4) is 0 Å². The summed E-state index contributed by atoms with van der Waals surface area (Å²) < 4.78 is 5.61. The minimum atomic E-state index is -1.01. The zero-order valence-electron chi connectivity index (χ0n) is 14.7. The Morgan fingerprint density at radius 2 is 1.85 bits per heavy atom. The number of fused-ring (bicyclic) bond motifs is 1. The molecule has 2 aromatic carbocycles. The fourth-order valence-electron chi connectivity index (χ4n) is 2.65. The van der Waals surface area contributed by atoms with E-state index in [0.29, 0.717) is 16.3 Å². The molecule has 6 heteroatoms. The molecule has 0 aliphatic heterocycles. The Labute approximate surface area is 156 Å². The van der Waals surface area contributed by atoms with E-state index >= 15 is 0 Å². The van der Waals surface area contributed by atoms with Crippen LogP contribution in [0.5, 0.6) is 0 Å². The number of rotatable bonds is 7. The lowest BCUT2D eigenvalue weighted by molar-refractivity contribution is -0.131. The van der Waals surface area contributed by atoms with Crippen LogP contribution < -0.4 is 4.90 Å². The monoisotopic (exact) mass is 368 g/mol. The number of aliphatic carboxylic acids is 1. The van der Waals surface area contributed by atoms with Crippen molar-refractivity contribution in [2.75, 3.05) is 18.0 Å². The van der Waals surface area contributed by atoms with Gasteiger partial charge in [0.2, 0.25) is 0 Å². The Bertz CT molecular complexity index is 895. The first-order valence-electron chi connectivity index (χ1n) is 8.44.